The van der Waals surface area contributed by atoms with Crippen molar-refractivity contribution in [1.82, 2.24) is 14.9 Å². The van der Waals surface area contributed by atoms with Crippen LogP contribution in [0.25, 0.3) is 11.0 Å². The van der Waals surface area contributed by atoms with E-state index in [4.69, 9.17) is 21.3 Å². The van der Waals surface area contributed by atoms with Gasteiger partial charge in [-0.15, -0.1) is 0 Å². The molecule has 0 saturated carbocycles. The summed E-state index contributed by atoms with van der Waals surface area (Å²) in [4.78, 5) is 17.1. The number of hydrogen-bond acceptors (Lipinski definition) is 3. The van der Waals surface area contributed by atoms with Crippen molar-refractivity contribution in [2.45, 2.75) is 65.8 Å². The largest absolute Gasteiger partial charge is 0.494 e. The van der Waals surface area contributed by atoms with E-state index in [9.17, 15) is 4.79 Å². The van der Waals surface area contributed by atoms with Gasteiger partial charge in [-0.25, -0.2) is 4.98 Å². The van der Waals surface area contributed by atoms with E-state index in [1.54, 1.807) is 0 Å². The number of imidazole rings is 1. The second kappa shape index (κ2) is 12.6. The van der Waals surface area contributed by atoms with Crippen molar-refractivity contribution in [2.75, 3.05) is 13.2 Å². The maximum Gasteiger partial charge on any atom is 0.223 e. The minimum absolute atomic E-state index is 0.119. The Morgan fingerprint density at radius 3 is 2.67 bits per heavy atom. The first-order valence-electron chi connectivity index (χ1n) is 12.1. The number of aromatic nitrogens is 2. The Hall–Kier alpha value is -2.53. The SMILES string of the molecule is CCC(CC)C(=O)NCCCc1nc2ccccc2n1CCCCOc1ccc(Cl)c(C)c1. The summed E-state index contributed by atoms with van der Waals surface area (Å²) in [6.07, 6.45) is 5.47. The van der Waals surface area contributed by atoms with Gasteiger partial charge in [0.1, 0.15) is 11.6 Å². The monoisotopic (exact) mass is 469 g/mol. The van der Waals surface area contributed by atoms with Crippen LogP contribution in [0.2, 0.25) is 5.02 Å². The van der Waals surface area contributed by atoms with Gasteiger partial charge in [-0.3, -0.25) is 4.79 Å². The first kappa shape index (κ1) is 25.1. The highest BCUT2D eigenvalue weighted by Gasteiger charge is 2.14. The van der Waals surface area contributed by atoms with Gasteiger partial charge in [0.05, 0.1) is 17.6 Å². The molecule has 1 amide bonds. The molecular weight excluding hydrogens is 434 g/mol. The molecule has 0 saturated heterocycles. The van der Waals surface area contributed by atoms with E-state index < -0.39 is 0 Å². The van der Waals surface area contributed by atoms with Crippen LogP contribution in [0.15, 0.2) is 42.5 Å². The molecular formula is C27H36ClN3O2. The van der Waals surface area contributed by atoms with Crippen molar-refractivity contribution in [3.63, 3.8) is 0 Å². The zero-order valence-corrected chi connectivity index (χ0v) is 20.8. The van der Waals surface area contributed by atoms with E-state index in [1.807, 2.05) is 31.2 Å². The van der Waals surface area contributed by atoms with Gasteiger partial charge in [0.25, 0.3) is 0 Å². The fourth-order valence-electron chi connectivity index (χ4n) is 4.10. The van der Waals surface area contributed by atoms with Gasteiger partial charge in [0.2, 0.25) is 5.91 Å². The van der Waals surface area contributed by atoms with Crippen LogP contribution >= 0.6 is 11.6 Å². The van der Waals surface area contributed by atoms with Crippen molar-refractivity contribution in [1.29, 1.82) is 0 Å². The number of ether oxygens (including phenoxy) is 1. The van der Waals surface area contributed by atoms with Crippen LogP contribution in [-0.4, -0.2) is 28.6 Å². The fraction of sp³-hybridized carbons (Fsp3) is 0.481. The van der Waals surface area contributed by atoms with Gasteiger partial charge in [0, 0.05) is 30.5 Å². The first-order chi connectivity index (χ1) is 16.0. The van der Waals surface area contributed by atoms with Crippen LogP contribution in [0.5, 0.6) is 5.75 Å². The standard InChI is InChI=1S/C27H36ClN3O2/c1-4-21(5-2)27(32)29-16-10-13-26-30-24-11-6-7-12-25(24)31(26)17-8-9-18-33-22-14-15-23(28)20(3)19-22/h6-7,11-12,14-15,19,21H,4-5,8-10,13,16-18H2,1-3H3,(H,29,32). The maximum atomic E-state index is 12.2. The summed E-state index contributed by atoms with van der Waals surface area (Å²) in [5.41, 5.74) is 3.23. The topological polar surface area (TPSA) is 56.2 Å². The number of halogens is 1. The van der Waals surface area contributed by atoms with Crippen LogP contribution in [0.1, 0.15) is 57.3 Å². The van der Waals surface area contributed by atoms with E-state index in [0.29, 0.717) is 13.2 Å². The molecule has 1 N–H and O–H groups in total. The van der Waals surface area contributed by atoms with E-state index in [-0.39, 0.29) is 11.8 Å². The highest BCUT2D eigenvalue weighted by Crippen LogP contribution is 2.22. The Morgan fingerprint density at radius 2 is 1.91 bits per heavy atom. The second-order valence-electron chi connectivity index (χ2n) is 8.54. The van der Waals surface area contributed by atoms with Gasteiger partial charge >= 0.3 is 0 Å². The summed E-state index contributed by atoms with van der Waals surface area (Å²) in [6.45, 7) is 8.38. The Balaban J connectivity index is 1.51. The number of unbranched alkanes of at least 4 members (excludes halogenated alkanes) is 1. The summed E-state index contributed by atoms with van der Waals surface area (Å²) in [5, 5.41) is 3.85. The van der Waals surface area contributed by atoms with Gasteiger partial charge < -0.3 is 14.6 Å². The molecule has 1 aromatic heterocycles. The number of para-hydroxylation sites is 2. The molecule has 0 aliphatic heterocycles. The van der Waals surface area contributed by atoms with E-state index in [1.165, 1.54) is 5.52 Å². The molecule has 0 unspecified atom stereocenters. The van der Waals surface area contributed by atoms with Crippen molar-refractivity contribution in [2.24, 2.45) is 5.92 Å². The van der Waals surface area contributed by atoms with Crippen LogP contribution in [0.3, 0.4) is 0 Å². The third-order valence-electron chi connectivity index (χ3n) is 6.14. The molecule has 0 fully saturated rings. The smallest absolute Gasteiger partial charge is 0.223 e. The number of benzene rings is 2. The van der Waals surface area contributed by atoms with Gasteiger partial charge in [-0.2, -0.15) is 0 Å². The molecule has 2 aromatic carbocycles. The minimum atomic E-state index is 0.119. The molecule has 6 heteroatoms. The van der Waals surface area contributed by atoms with Crippen LogP contribution in [-0.2, 0) is 17.8 Å². The summed E-state index contributed by atoms with van der Waals surface area (Å²) in [5.74, 6) is 2.24. The highest BCUT2D eigenvalue weighted by molar-refractivity contribution is 6.31. The Bertz CT molecular complexity index is 1040. The molecule has 0 aliphatic rings. The average Bonchev–Trinajstić information content (AvgIpc) is 3.17. The zero-order valence-electron chi connectivity index (χ0n) is 20.1. The second-order valence-corrected chi connectivity index (χ2v) is 8.95. The number of carbonyl (C=O) groups is 1. The molecule has 1 heterocycles. The minimum Gasteiger partial charge on any atom is -0.494 e. The summed E-state index contributed by atoms with van der Waals surface area (Å²) in [7, 11) is 0. The van der Waals surface area contributed by atoms with Crippen LogP contribution in [0.4, 0.5) is 0 Å². The molecule has 33 heavy (non-hydrogen) atoms. The van der Waals surface area contributed by atoms with Gasteiger partial charge in [-0.05, 0) is 74.9 Å². The summed E-state index contributed by atoms with van der Waals surface area (Å²) >= 11 is 6.09. The van der Waals surface area contributed by atoms with Crippen LogP contribution in [0, 0.1) is 12.8 Å². The molecule has 0 atom stereocenters. The molecule has 3 aromatic rings. The number of nitrogens with zero attached hydrogens (tertiary/aromatic N) is 2. The molecule has 3 rings (SSSR count). The Kier molecular flexibility index (Phi) is 9.61. The molecule has 0 radical (unpaired) electrons. The zero-order chi connectivity index (χ0) is 23.6. The lowest BCUT2D eigenvalue weighted by Crippen LogP contribution is -2.31. The third kappa shape index (κ3) is 6.97. The molecule has 0 spiro atoms. The average molecular weight is 470 g/mol. The Labute approximate surface area is 202 Å². The predicted octanol–water partition coefficient (Wildman–Crippen LogP) is 6.34. The maximum absolute atomic E-state index is 12.2. The number of carbonyl (C=O) groups excluding carboxylic acids is 1. The Morgan fingerprint density at radius 1 is 1.12 bits per heavy atom. The quantitative estimate of drug-likeness (QED) is 0.297. The van der Waals surface area contributed by atoms with E-state index >= 15 is 0 Å². The lowest BCUT2D eigenvalue weighted by molar-refractivity contribution is -0.125. The van der Waals surface area contributed by atoms with Gasteiger partial charge in [0.15, 0.2) is 0 Å². The summed E-state index contributed by atoms with van der Waals surface area (Å²) in [6, 6.07) is 14.1. The third-order valence-corrected chi connectivity index (χ3v) is 6.56. The highest BCUT2D eigenvalue weighted by atomic mass is 35.5. The number of nitrogens with one attached hydrogen (secondary N) is 1. The van der Waals surface area contributed by atoms with Crippen molar-refractivity contribution >= 4 is 28.5 Å². The van der Waals surface area contributed by atoms with Crippen LogP contribution < -0.4 is 10.1 Å². The number of amides is 1. The fourth-order valence-corrected chi connectivity index (χ4v) is 4.21. The number of aryl methyl sites for hydroxylation is 3. The van der Waals surface area contributed by atoms with Crippen molar-refractivity contribution < 1.29 is 9.53 Å². The van der Waals surface area contributed by atoms with Crippen molar-refractivity contribution in [3.05, 3.63) is 58.9 Å². The molecule has 178 valence electrons. The lowest BCUT2D eigenvalue weighted by Gasteiger charge is -2.13. The lowest BCUT2D eigenvalue weighted by atomic mass is 10.0. The number of hydrogen-bond donors (Lipinski definition) is 1. The summed E-state index contributed by atoms with van der Waals surface area (Å²) < 4.78 is 8.22. The number of fused-ring (bicyclic) bond motifs is 1. The van der Waals surface area contributed by atoms with Crippen molar-refractivity contribution in [3.8, 4) is 5.75 Å². The van der Waals surface area contributed by atoms with Gasteiger partial charge in [-0.1, -0.05) is 37.6 Å². The van der Waals surface area contributed by atoms with E-state index in [2.05, 4.69) is 41.9 Å². The molecule has 0 bridgehead atoms. The molecule has 0 aliphatic carbocycles. The normalized spacial score (nSPS) is 11.3. The first-order valence-corrected chi connectivity index (χ1v) is 12.5. The number of rotatable bonds is 13. The molecule has 5 nitrogen and oxygen atoms in total. The predicted molar refractivity (Wildman–Crippen MR) is 136 cm³/mol. The van der Waals surface area contributed by atoms with E-state index in [0.717, 1.165) is 72.7 Å².